The molecule has 0 bridgehead atoms. The Bertz CT molecular complexity index is 1050. The molecule has 0 saturated carbocycles. The van der Waals surface area contributed by atoms with Crippen LogP contribution < -0.4 is 4.74 Å². The topological polar surface area (TPSA) is 62.7 Å². The van der Waals surface area contributed by atoms with Gasteiger partial charge in [0.15, 0.2) is 5.76 Å². The SMILES string of the molecule is COc1ccc(C2=C(O)C(=O)N(Cc3cccnc3)[C@@H]2c2ccc(F)cc2)cc1. The number of amides is 1. The minimum Gasteiger partial charge on any atom is -0.503 e. The first-order valence-electron chi connectivity index (χ1n) is 9.11. The molecule has 29 heavy (non-hydrogen) atoms. The first-order chi connectivity index (χ1) is 14.1. The minimum atomic E-state index is -0.559. The molecule has 1 N–H and O–H groups in total. The summed E-state index contributed by atoms with van der Waals surface area (Å²) in [7, 11) is 1.57. The summed E-state index contributed by atoms with van der Waals surface area (Å²) in [6.45, 7) is 0.262. The van der Waals surface area contributed by atoms with Gasteiger partial charge < -0.3 is 14.7 Å². The molecule has 0 fully saturated rings. The molecular weight excluding hydrogens is 371 g/mol. The molecule has 0 saturated heterocycles. The van der Waals surface area contributed by atoms with E-state index >= 15 is 0 Å². The number of carbonyl (C=O) groups excluding carboxylic acids is 1. The lowest BCUT2D eigenvalue weighted by molar-refractivity contribution is -0.130. The number of aromatic nitrogens is 1. The fourth-order valence-electron chi connectivity index (χ4n) is 3.56. The first-order valence-corrected chi connectivity index (χ1v) is 9.11. The number of pyridine rings is 1. The molecule has 2 heterocycles. The number of halogens is 1. The van der Waals surface area contributed by atoms with Crippen molar-refractivity contribution in [3.05, 3.63) is 101 Å². The van der Waals surface area contributed by atoms with Crippen LogP contribution in [0.3, 0.4) is 0 Å². The Labute approximate surface area is 167 Å². The molecule has 0 spiro atoms. The second-order valence-corrected chi connectivity index (χ2v) is 6.74. The van der Waals surface area contributed by atoms with Crippen molar-refractivity contribution in [2.24, 2.45) is 0 Å². The van der Waals surface area contributed by atoms with E-state index in [9.17, 15) is 14.3 Å². The van der Waals surface area contributed by atoms with Crippen LogP contribution >= 0.6 is 0 Å². The maximum atomic E-state index is 13.5. The van der Waals surface area contributed by atoms with E-state index in [1.165, 1.54) is 12.1 Å². The number of rotatable bonds is 5. The fraction of sp³-hybridized carbons (Fsp3) is 0.130. The van der Waals surface area contributed by atoms with E-state index in [2.05, 4.69) is 4.98 Å². The number of aliphatic hydroxyl groups excluding tert-OH is 1. The molecule has 1 aliphatic rings. The van der Waals surface area contributed by atoms with E-state index in [1.807, 2.05) is 6.07 Å². The number of carbonyl (C=O) groups is 1. The lowest BCUT2D eigenvalue weighted by Crippen LogP contribution is -2.29. The number of hydrogen-bond acceptors (Lipinski definition) is 4. The Morgan fingerprint density at radius 1 is 1.10 bits per heavy atom. The van der Waals surface area contributed by atoms with Gasteiger partial charge in [0.2, 0.25) is 0 Å². The van der Waals surface area contributed by atoms with Crippen molar-refractivity contribution >= 4 is 11.5 Å². The summed E-state index contributed by atoms with van der Waals surface area (Å²) in [6.07, 6.45) is 3.34. The van der Waals surface area contributed by atoms with Gasteiger partial charge in [0.1, 0.15) is 11.6 Å². The maximum Gasteiger partial charge on any atom is 0.290 e. The zero-order valence-electron chi connectivity index (χ0n) is 15.7. The number of hydrogen-bond donors (Lipinski definition) is 1. The first kappa shape index (κ1) is 18.7. The number of nitrogens with zero attached hydrogens (tertiary/aromatic N) is 2. The Hall–Kier alpha value is -3.67. The lowest BCUT2D eigenvalue weighted by atomic mass is 9.93. The Morgan fingerprint density at radius 3 is 2.45 bits per heavy atom. The van der Waals surface area contributed by atoms with Crippen molar-refractivity contribution in [2.75, 3.05) is 7.11 Å². The molecule has 1 atom stereocenters. The van der Waals surface area contributed by atoms with Crippen LogP contribution in [0, 0.1) is 5.82 Å². The number of ether oxygens (including phenoxy) is 1. The number of methoxy groups -OCH3 is 1. The number of benzene rings is 2. The maximum absolute atomic E-state index is 13.5. The highest BCUT2D eigenvalue weighted by molar-refractivity contribution is 6.05. The molecule has 146 valence electrons. The normalized spacial score (nSPS) is 16.4. The van der Waals surface area contributed by atoms with Crippen molar-refractivity contribution < 1.29 is 19.0 Å². The highest BCUT2D eigenvalue weighted by Gasteiger charge is 2.41. The summed E-state index contributed by atoms with van der Waals surface area (Å²) in [6, 6.07) is 16.2. The zero-order valence-corrected chi connectivity index (χ0v) is 15.7. The largest absolute Gasteiger partial charge is 0.503 e. The predicted octanol–water partition coefficient (Wildman–Crippen LogP) is 4.28. The average Bonchev–Trinajstić information content (AvgIpc) is 3.00. The monoisotopic (exact) mass is 390 g/mol. The van der Waals surface area contributed by atoms with Gasteiger partial charge in [-0.2, -0.15) is 0 Å². The smallest absolute Gasteiger partial charge is 0.290 e. The Balaban J connectivity index is 1.80. The van der Waals surface area contributed by atoms with Gasteiger partial charge in [-0.3, -0.25) is 9.78 Å². The fourth-order valence-corrected chi connectivity index (χ4v) is 3.56. The summed E-state index contributed by atoms with van der Waals surface area (Å²) < 4.78 is 18.7. The van der Waals surface area contributed by atoms with Crippen molar-refractivity contribution in [3.63, 3.8) is 0 Å². The summed E-state index contributed by atoms with van der Waals surface area (Å²) >= 11 is 0. The summed E-state index contributed by atoms with van der Waals surface area (Å²) in [5.74, 6) is -0.484. The zero-order chi connectivity index (χ0) is 20.4. The standard InChI is InChI=1S/C23H19FN2O3/c1-29-19-10-6-16(7-11-19)20-21(17-4-8-18(24)9-5-17)26(23(28)22(20)27)14-15-3-2-12-25-13-15/h2-13,21,27H,14H2,1H3/t21-/m1/s1. The van der Waals surface area contributed by atoms with Crippen LogP contribution in [-0.2, 0) is 11.3 Å². The van der Waals surface area contributed by atoms with Crippen LogP contribution in [0.1, 0.15) is 22.7 Å². The van der Waals surface area contributed by atoms with E-state index in [4.69, 9.17) is 4.74 Å². The van der Waals surface area contributed by atoms with Gasteiger partial charge in [0, 0.05) is 24.5 Å². The second-order valence-electron chi connectivity index (χ2n) is 6.74. The highest BCUT2D eigenvalue weighted by Crippen LogP contribution is 2.43. The molecule has 5 nitrogen and oxygen atoms in total. The van der Waals surface area contributed by atoms with Crippen molar-refractivity contribution in [2.45, 2.75) is 12.6 Å². The molecule has 0 unspecified atom stereocenters. The van der Waals surface area contributed by atoms with E-state index in [1.54, 1.807) is 66.9 Å². The molecule has 3 aromatic rings. The second kappa shape index (κ2) is 7.75. The molecule has 1 amide bonds. The number of aliphatic hydroxyl groups is 1. The van der Waals surface area contributed by atoms with Crippen LogP contribution in [0.4, 0.5) is 4.39 Å². The molecule has 2 aromatic carbocycles. The summed E-state index contributed by atoms with van der Waals surface area (Å²) in [5.41, 5.74) is 2.71. The van der Waals surface area contributed by atoms with Crippen molar-refractivity contribution in [1.82, 2.24) is 9.88 Å². The minimum absolute atomic E-state index is 0.262. The third kappa shape index (κ3) is 3.57. The Kier molecular flexibility index (Phi) is 4.99. The van der Waals surface area contributed by atoms with Crippen LogP contribution in [-0.4, -0.2) is 28.0 Å². The van der Waals surface area contributed by atoms with Gasteiger partial charge >= 0.3 is 0 Å². The van der Waals surface area contributed by atoms with Gasteiger partial charge in [-0.25, -0.2) is 4.39 Å². The molecular formula is C23H19FN2O3. The van der Waals surface area contributed by atoms with Gasteiger partial charge in [-0.05, 0) is 47.0 Å². The lowest BCUT2D eigenvalue weighted by Gasteiger charge is -2.27. The van der Waals surface area contributed by atoms with E-state index in [0.717, 1.165) is 5.56 Å². The van der Waals surface area contributed by atoms with Gasteiger partial charge in [0.25, 0.3) is 5.91 Å². The van der Waals surface area contributed by atoms with Crippen molar-refractivity contribution in [1.29, 1.82) is 0 Å². The van der Waals surface area contributed by atoms with E-state index < -0.39 is 11.9 Å². The van der Waals surface area contributed by atoms with Gasteiger partial charge in [-0.1, -0.05) is 30.3 Å². The molecule has 1 aromatic heterocycles. The van der Waals surface area contributed by atoms with Crippen LogP contribution in [0.5, 0.6) is 5.75 Å². The predicted molar refractivity (Wildman–Crippen MR) is 106 cm³/mol. The molecule has 6 heteroatoms. The van der Waals surface area contributed by atoms with Crippen LogP contribution in [0.15, 0.2) is 78.8 Å². The molecule has 0 aliphatic carbocycles. The molecule has 1 aliphatic heterocycles. The van der Waals surface area contributed by atoms with Crippen LogP contribution in [0.2, 0.25) is 0 Å². The highest BCUT2D eigenvalue weighted by atomic mass is 19.1. The molecule has 4 rings (SSSR count). The van der Waals surface area contributed by atoms with Gasteiger partial charge in [-0.15, -0.1) is 0 Å². The summed E-state index contributed by atoms with van der Waals surface area (Å²) in [4.78, 5) is 18.6. The van der Waals surface area contributed by atoms with Gasteiger partial charge in [0.05, 0.1) is 13.2 Å². The third-order valence-electron chi connectivity index (χ3n) is 4.97. The Morgan fingerprint density at radius 2 is 1.83 bits per heavy atom. The van der Waals surface area contributed by atoms with E-state index in [0.29, 0.717) is 22.4 Å². The van der Waals surface area contributed by atoms with Crippen molar-refractivity contribution in [3.8, 4) is 5.75 Å². The quantitative estimate of drug-likeness (QED) is 0.706. The summed E-state index contributed by atoms with van der Waals surface area (Å²) in [5, 5.41) is 10.7. The average molecular weight is 390 g/mol. The van der Waals surface area contributed by atoms with Crippen LogP contribution in [0.25, 0.3) is 5.57 Å². The van der Waals surface area contributed by atoms with E-state index in [-0.39, 0.29) is 18.1 Å². The molecule has 0 radical (unpaired) electrons. The third-order valence-corrected chi connectivity index (χ3v) is 4.97.